The monoisotopic (exact) mass is 383 g/mol. The van der Waals surface area contributed by atoms with Gasteiger partial charge in [-0.1, -0.05) is 93.9 Å². The molecule has 0 aliphatic rings. The van der Waals surface area contributed by atoms with Crippen molar-refractivity contribution in [3.63, 3.8) is 0 Å². The number of halogens is 1. The summed E-state index contributed by atoms with van der Waals surface area (Å²) >= 11 is 3.54. The maximum Gasteiger partial charge on any atom is 0.0445 e. The summed E-state index contributed by atoms with van der Waals surface area (Å²) in [6.07, 6.45) is 4.44. The molecule has 0 atom stereocenters. The summed E-state index contributed by atoms with van der Waals surface area (Å²) in [7, 11) is 0. The van der Waals surface area contributed by atoms with Gasteiger partial charge in [0.25, 0.3) is 0 Å². The SMILES string of the molecule is C=C(/C(Br)=C\N=C(C)c1ccccc1)c1ccccc1.CCCC. The van der Waals surface area contributed by atoms with Crippen molar-refractivity contribution in [3.05, 3.63) is 89.1 Å². The topological polar surface area (TPSA) is 12.4 Å². The Bertz CT molecular complexity index is 668. The Morgan fingerprint density at radius 2 is 1.38 bits per heavy atom. The van der Waals surface area contributed by atoms with Crippen LogP contribution in [0.25, 0.3) is 5.57 Å². The zero-order chi connectivity index (χ0) is 17.8. The predicted molar refractivity (Wildman–Crippen MR) is 112 cm³/mol. The maximum atomic E-state index is 4.49. The van der Waals surface area contributed by atoms with E-state index in [2.05, 4.69) is 41.3 Å². The van der Waals surface area contributed by atoms with Gasteiger partial charge in [-0.25, -0.2) is 0 Å². The number of rotatable bonds is 5. The fourth-order valence-corrected chi connectivity index (χ4v) is 2.09. The molecule has 0 bridgehead atoms. The highest BCUT2D eigenvalue weighted by molar-refractivity contribution is 9.12. The number of unbranched alkanes of at least 4 members (excludes halogenated alkanes) is 1. The van der Waals surface area contributed by atoms with Crippen molar-refractivity contribution in [1.29, 1.82) is 0 Å². The van der Waals surface area contributed by atoms with Gasteiger partial charge >= 0.3 is 0 Å². The summed E-state index contributed by atoms with van der Waals surface area (Å²) in [5.41, 5.74) is 4.11. The van der Waals surface area contributed by atoms with E-state index in [9.17, 15) is 0 Å². The Balaban J connectivity index is 0.000000648. The van der Waals surface area contributed by atoms with E-state index in [0.29, 0.717) is 0 Å². The maximum absolute atomic E-state index is 4.49. The molecule has 24 heavy (non-hydrogen) atoms. The van der Waals surface area contributed by atoms with Gasteiger partial charge in [0.05, 0.1) is 0 Å². The molecule has 0 spiro atoms. The Morgan fingerprint density at radius 1 is 0.917 bits per heavy atom. The van der Waals surface area contributed by atoms with Gasteiger partial charge in [0.15, 0.2) is 0 Å². The molecule has 0 aromatic heterocycles. The molecule has 0 amide bonds. The van der Waals surface area contributed by atoms with E-state index in [1.165, 1.54) is 12.8 Å². The average molecular weight is 384 g/mol. The Morgan fingerprint density at radius 3 is 1.83 bits per heavy atom. The van der Waals surface area contributed by atoms with Gasteiger partial charge in [-0.3, -0.25) is 4.99 Å². The van der Waals surface area contributed by atoms with E-state index in [1.807, 2.05) is 67.6 Å². The van der Waals surface area contributed by atoms with Crippen LogP contribution in [0.5, 0.6) is 0 Å². The molecular formula is C22H26BrN. The van der Waals surface area contributed by atoms with E-state index < -0.39 is 0 Å². The Kier molecular flexibility index (Phi) is 9.71. The van der Waals surface area contributed by atoms with Crippen LogP contribution >= 0.6 is 15.9 Å². The smallest absolute Gasteiger partial charge is 0.0445 e. The lowest BCUT2D eigenvalue weighted by atomic mass is 10.1. The highest BCUT2D eigenvalue weighted by Gasteiger charge is 2.01. The van der Waals surface area contributed by atoms with Crippen molar-refractivity contribution in [2.24, 2.45) is 4.99 Å². The lowest BCUT2D eigenvalue weighted by Crippen LogP contribution is -1.92. The van der Waals surface area contributed by atoms with Gasteiger partial charge in [0.2, 0.25) is 0 Å². The summed E-state index contributed by atoms with van der Waals surface area (Å²) in [6.45, 7) is 10.4. The van der Waals surface area contributed by atoms with Gasteiger partial charge in [-0.2, -0.15) is 0 Å². The minimum absolute atomic E-state index is 0.888. The molecule has 2 aromatic carbocycles. The number of benzene rings is 2. The molecule has 0 N–H and O–H groups in total. The number of aliphatic imine (C=N–C) groups is 1. The van der Waals surface area contributed by atoms with E-state index in [0.717, 1.165) is 26.9 Å². The third-order valence-corrected chi connectivity index (χ3v) is 4.16. The molecule has 126 valence electrons. The third kappa shape index (κ3) is 7.10. The normalized spacial score (nSPS) is 11.5. The molecule has 2 rings (SSSR count). The number of hydrogen-bond donors (Lipinski definition) is 0. The second-order valence-corrected chi connectivity index (χ2v) is 6.26. The first-order chi connectivity index (χ1) is 11.6. The van der Waals surface area contributed by atoms with E-state index in [1.54, 1.807) is 6.20 Å². The van der Waals surface area contributed by atoms with Crippen molar-refractivity contribution >= 4 is 27.2 Å². The molecule has 0 heterocycles. The summed E-state index contributed by atoms with van der Waals surface area (Å²) in [5, 5.41) is 0. The first kappa shape index (κ1) is 20.1. The molecule has 1 nitrogen and oxygen atoms in total. The molecule has 0 aliphatic heterocycles. The molecule has 0 saturated heterocycles. The highest BCUT2D eigenvalue weighted by atomic mass is 79.9. The van der Waals surface area contributed by atoms with Crippen LogP contribution < -0.4 is 0 Å². The third-order valence-electron chi connectivity index (χ3n) is 3.47. The van der Waals surface area contributed by atoms with Crippen LogP contribution in [0.3, 0.4) is 0 Å². The second-order valence-electron chi connectivity index (χ2n) is 5.40. The van der Waals surface area contributed by atoms with Crippen LogP contribution in [0.2, 0.25) is 0 Å². The average Bonchev–Trinajstić information content (AvgIpc) is 2.66. The molecule has 0 unspecified atom stereocenters. The van der Waals surface area contributed by atoms with Crippen LogP contribution in [0.4, 0.5) is 0 Å². The van der Waals surface area contributed by atoms with Gasteiger partial charge in [-0.05, 0) is 39.6 Å². The van der Waals surface area contributed by atoms with E-state index >= 15 is 0 Å². The van der Waals surface area contributed by atoms with Crippen molar-refractivity contribution < 1.29 is 0 Å². The summed E-state index contributed by atoms with van der Waals surface area (Å²) < 4.78 is 0.888. The van der Waals surface area contributed by atoms with Crippen LogP contribution in [-0.4, -0.2) is 5.71 Å². The Labute approximate surface area is 155 Å². The summed E-state index contributed by atoms with van der Waals surface area (Å²) in [6, 6.07) is 20.2. The standard InChI is InChI=1S/C18H16BrN.C4H10/c1-14(16-9-5-3-6-10-16)18(19)13-20-15(2)17-11-7-4-8-12-17;1-3-4-2/h3-13H,1H2,2H3;3-4H2,1-2H3/b18-13+,20-15?;. The lowest BCUT2D eigenvalue weighted by molar-refractivity contribution is 0.886. The molecule has 0 fully saturated rings. The summed E-state index contributed by atoms with van der Waals surface area (Å²) in [5.74, 6) is 0. The van der Waals surface area contributed by atoms with Crippen LogP contribution in [0, 0.1) is 0 Å². The number of hydrogen-bond acceptors (Lipinski definition) is 1. The molecule has 0 saturated carbocycles. The van der Waals surface area contributed by atoms with Gasteiger partial charge < -0.3 is 0 Å². The fraction of sp³-hybridized carbons (Fsp3) is 0.227. The molecule has 0 aliphatic carbocycles. The minimum atomic E-state index is 0.888. The van der Waals surface area contributed by atoms with Crippen LogP contribution in [0.1, 0.15) is 44.7 Å². The van der Waals surface area contributed by atoms with Crippen LogP contribution in [-0.2, 0) is 0 Å². The molecule has 0 radical (unpaired) electrons. The highest BCUT2D eigenvalue weighted by Crippen LogP contribution is 2.25. The zero-order valence-electron chi connectivity index (χ0n) is 14.8. The first-order valence-corrected chi connectivity index (χ1v) is 9.09. The first-order valence-electron chi connectivity index (χ1n) is 8.30. The number of allylic oxidation sites excluding steroid dienone is 2. The quantitative estimate of drug-likeness (QED) is 0.380. The zero-order valence-corrected chi connectivity index (χ0v) is 16.4. The molecule has 2 aromatic rings. The lowest BCUT2D eigenvalue weighted by Gasteiger charge is -2.04. The van der Waals surface area contributed by atoms with Gasteiger partial charge in [-0.15, -0.1) is 0 Å². The van der Waals surface area contributed by atoms with Crippen molar-refractivity contribution in [2.45, 2.75) is 33.6 Å². The van der Waals surface area contributed by atoms with Crippen molar-refractivity contribution in [1.82, 2.24) is 0 Å². The second kappa shape index (κ2) is 11.6. The van der Waals surface area contributed by atoms with Crippen LogP contribution in [0.15, 0.2) is 82.9 Å². The largest absolute Gasteiger partial charge is 0.260 e. The number of nitrogens with zero attached hydrogens (tertiary/aromatic N) is 1. The van der Waals surface area contributed by atoms with Gasteiger partial charge in [0.1, 0.15) is 0 Å². The van der Waals surface area contributed by atoms with E-state index in [4.69, 9.17) is 0 Å². The fourth-order valence-electron chi connectivity index (χ4n) is 1.76. The van der Waals surface area contributed by atoms with Crippen molar-refractivity contribution in [2.75, 3.05) is 0 Å². The van der Waals surface area contributed by atoms with Crippen molar-refractivity contribution in [3.8, 4) is 0 Å². The van der Waals surface area contributed by atoms with E-state index in [-0.39, 0.29) is 0 Å². The predicted octanol–water partition coefficient (Wildman–Crippen LogP) is 7.25. The Hall–Kier alpha value is -1.93. The molecular weight excluding hydrogens is 358 g/mol. The minimum Gasteiger partial charge on any atom is -0.260 e. The summed E-state index contributed by atoms with van der Waals surface area (Å²) in [4.78, 5) is 4.49. The van der Waals surface area contributed by atoms with Gasteiger partial charge in [0, 0.05) is 16.4 Å². The molecule has 2 heteroatoms.